The second-order valence-electron chi connectivity index (χ2n) is 11.2. The Balaban J connectivity index is 1.39. The predicted molar refractivity (Wildman–Crippen MR) is 190 cm³/mol. The lowest BCUT2D eigenvalue weighted by atomic mass is 10.0. The number of aromatic nitrogens is 1. The van der Waals surface area contributed by atoms with E-state index >= 15 is 0 Å². The number of ether oxygens (including phenoxy) is 1. The molecule has 248 valence electrons. The summed E-state index contributed by atoms with van der Waals surface area (Å²) in [5.74, 6) is 0.758. The van der Waals surface area contributed by atoms with Crippen LogP contribution in [0.15, 0.2) is 115 Å². The van der Waals surface area contributed by atoms with Gasteiger partial charge in [-0.25, -0.2) is 8.42 Å². The Hall–Kier alpha value is -4.17. The standard InChI is InChI=1S/C36H34N2O7S3/c1-2-26(22-35-37(19-20-44-47(39)40)31-24-29(14-16-33(31)45-35)27-10-5-3-6-11-27)23-36-38(18-9-21-48(41,42)43)32-25-30(15-17-34(32)46-36)28-12-7-4-8-13-28/h3-8,10-17,22-25H,2,9,18-21H2,1H3,(H-,39,40,41,42,43). The maximum absolute atomic E-state index is 11.5. The minimum absolute atomic E-state index is 0.00727. The quantitative estimate of drug-likeness (QED) is 0.0781. The van der Waals surface area contributed by atoms with Gasteiger partial charge in [-0.1, -0.05) is 91.1 Å². The third kappa shape index (κ3) is 8.09. The lowest BCUT2D eigenvalue weighted by Crippen LogP contribution is -2.36. The van der Waals surface area contributed by atoms with E-state index in [0.717, 1.165) is 48.7 Å². The Kier molecular flexibility index (Phi) is 10.5. The Morgan fingerprint density at radius 2 is 1.65 bits per heavy atom. The van der Waals surface area contributed by atoms with Crippen LogP contribution >= 0.6 is 11.3 Å². The largest absolute Gasteiger partial charge is 0.748 e. The second kappa shape index (κ2) is 14.9. The minimum Gasteiger partial charge on any atom is -0.748 e. The summed E-state index contributed by atoms with van der Waals surface area (Å²) in [6.45, 7) is 2.66. The number of hydrogen-bond donors (Lipinski definition) is 1. The fourth-order valence-corrected chi connectivity index (χ4v) is 7.51. The van der Waals surface area contributed by atoms with Gasteiger partial charge in [-0.05, 0) is 52.4 Å². The topological polar surface area (TPSA) is 120 Å². The number of allylic oxidation sites excluding steroid dienone is 2. The van der Waals surface area contributed by atoms with Gasteiger partial charge in [0, 0.05) is 30.4 Å². The van der Waals surface area contributed by atoms with Crippen LogP contribution in [0.2, 0.25) is 0 Å². The summed E-state index contributed by atoms with van der Waals surface area (Å²) >= 11 is -0.812. The van der Waals surface area contributed by atoms with Gasteiger partial charge in [0.25, 0.3) is 5.01 Å². The number of thiazole rings is 1. The van der Waals surface area contributed by atoms with Crippen LogP contribution in [-0.4, -0.2) is 40.6 Å². The van der Waals surface area contributed by atoms with E-state index in [2.05, 4.69) is 28.8 Å². The van der Waals surface area contributed by atoms with Crippen molar-refractivity contribution in [3.63, 3.8) is 0 Å². The highest BCUT2D eigenvalue weighted by molar-refractivity contribution is 7.85. The molecule has 0 fully saturated rings. The number of aryl methyl sites for hydroxylation is 1. The van der Waals surface area contributed by atoms with Crippen LogP contribution < -0.4 is 14.2 Å². The molecule has 9 nitrogen and oxygen atoms in total. The Labute approximate surface area is 286 Å². The molecular weight excluding hydrogens is 669 g/mol. The summed E-state index contributed by atoms with van der Waals surface area (Å²) in [6.07, 6.45) is 4.85. The van der Waals surface area contributed by atoms with Gasteiger partial charge in [-0.3, -0.25) is 8.74 Å². The van der Waals surface area contributed by atoms with Crippen molar-refractivity contribution in [2.75, 3.05) is 23.8 Å². The van der Waals surface area contributed by atoms with Gasteiger partial charge in [0.15, 0.2) is 12.3 Å². The van der Waals surface area contributed by atoms with E-state index in [9.17, 15) is 21.7 Å². The van der Waals surface area contributed by atoms with Gasteiger partial charge in [0.1, 0.15) is 4.70 Å². The summed E-state index contributed by atoms with van der Waals surface area (Å²) in [5, 5.41) is 0.902. The SMILES string of the molecule is CCC(=Cc1sc2ccc(-c3ccccc3)cc2[n+]1CCCS(=O)(=O)[O-])C=C1Oc2ccc(-c3ccccc3)cc2N1CCOS(=O)O. The van der Waals surface area contributed by atoms with Crippen LogP contribution in [0.5, 0.6) is 5.75 Å². The zero-order chi connectivity index (χ0) is 33.7. The smallest absolute Gasteiger partial charge is 0.301 e. The number of fused-ring (bicyclic) bond motifs is 2. The molecule has 0 bridgehead atoms. The monoisotopic (exact) mass is 702 g/mol. The molecule has 2 heterocycles. The lowest BCUT2D eigenvalue weighted by molar-refractivity contribution is -0.668. The van der Waals surface area contributed by atoms with E-state index in [4.69, 9.17) is 8.92 Å². The summed E-state index contributed by atoms with van der Waals surface area (Å²) in [6, 6.07) is 32.2. The first kappa shape index (κ1) is 33.7. The maximum Gasteiger partial charge on any atom is 0.301 e. The number of benzene rings is 4. The molecular formula is C36H34N2O7S3. The third-order valence-electron chi connectivity index (χ3n) is 7.98. The first-order chi connectivity index (χ1) is 23.2. The number of anilines is 1. The van der Waals surface area contributed by atoms with Crippen molar-refractivity contribution in [3.05, 3.63) is 120 Å². The van der Waals surface area contributed by atoms with Gasteiger partial charge in [0.2, 0.25) is 11.4 Å². The Morgan fingerprint density at radius 3 is 2.29 bits per heavy atom. The number of hydrogen-bond acceptors (Lipinski definition) is 8. The van der Waals surface area contributed by atoms with Crippen LogP contribution in [0.1, 0.15) is 24.8 Å². The molecule has 48 heavy (non-hydrogen) atoms. The molecule has 0 amide bonds. The summed E-state index contributed by atoms with van der Waals surface area (Å²) in [5.41, 5.74) is 6.86. The van der Waals surface area contributed by atoms with Crippen LogP contribution in [0.4, 0.5) is 5.69 Å². The zero-order valence-electron chi connectivity index (χ0n) is 26.2. The van der Waals surface area contributed by atoms with Crippen LogP contribution in [0.3, 0.4) is 0 Å². The highest BCUT2D eigenvalue weighted by Gasteiger charge is 2.28. The molecule has 4 aromatic carbocycles. The second-order valence-corrected chi connectivity index (χ2v) is 14.4. The van der Waals surface area contributed by atoms with Gasteiger partial charge >= 0.3 is 11.4 Å². The van der Waals surface area contributed by atoms with Crippen molar-refractivity contribution in [1.82, 2.24) is 0 Å². The number of nitrogens with zero attached hydrogens (tertiary/aromatic N) is 2. The van der Waals surface area contributed by atoms with E-state index in [1.165, 1.54) is 0 Å². The molecule has 0 aliphatic carbocycles. The molecule has 0 saturated carbocycles. The highest BCUT2D eigenvalue weighted by Crippen LogP contribution is 2.42. The maximum atomic E-state index is 11.5. The third-order valence-corrected chi connectivity index (χ3v) is 10.2. The number of rotatable bonds is 13. The molecule has 1 aromatic heterocycles. The molecule has 0 radical (unpaired) electrons. The molecule has 5 aromatic rings. The van der Waals surface area contributed by atoms with Crippen molar-refractivity contribution < 1.29 is 35.2 Å². The fraction of sp³-hybridized carbons (Fsp3) is 0.194. The van der Waals surface area contributed by atoms with E-state index in [-0.39, 0.29) is 19.6 Å². The van der Waals surface area contributed by atoms with E-state index in [0.29, 0.717) is 24.6 Å². The van der Waals surface area contributed by atoms with E-state index < -0.39 is 27.2 Å². The van der Waals surface area contributed by atoms with Crippen LogP contribution in [0, 0.1) is 0 Å². The molecule has 1 aliphatic heterocycles. The van der Waals surface area contributed by atoms with Gasteiger partial charge in [0.05, 0.1) is 29.0 Å². The van der Waals surface area contributed by atoms with Crippen LogP contribution in [0.25, 0.3) is 38.5 Å². The Bertz CT molecular complexity index is 2110. The fourth-order valence-electron chi connectivity index (χ4n) is 5.66. The molecule has 12 heteroatoms. The molecule has 6 rings (SSSR count). The molecule has 0 spiro atoms. The van der Waals surface area contributed by atoms with Crippen LogP contribution in [-0.2, 0) is 32.2 Å². The van der Waals surface area contributed by atoms with Gasteiger partial charge in [-0.15, -0.1) is 0 Å². The molecule has 1 unspecified atom stereocenters. The first-order valence-electron chi connectivity index (χ1n) is 15.4. The van der Waals surface area contributed by atoms with Crippen molar-refractivity contribution in [3.8, 4) is 28.0 Å². The van der Waals surface area contributed by atoms with E-state index in [1.54, 1.807) is 11.3 Å². The van der Waals surface area contributed by atoms with Gasteiger partial charge < -0.3 is 14.2 Å². The average Bonchev–Trinajstić information content (AvgIpc) is 3.60. The zero-order valence-corrected chi connectivity index (χ0v) is 28.6. The minimum atomic E-state index is -4.36. The lowest BCUT2D eigenvalue weighted by Gasteiger charge is -2.18. The predicted octanol–water partition coefficient (Wildman–Crippen LogP) is 7.15. The Morgan fingerprint density at radius 1 is 0.979 bits per heavy atom. The summed E-state index contributed by atoms with van der Waals surface area (Å²) in [7, 11) is -4.36. The molecule has 1 aliphatic rings. The molecule has 1 atom stereocenters. The summed E-state index contributed by atoms with van der Waals surface area (Å²) < 4.78 is 69.3. The average molecular weight is 703 g/mol. The van der Waals surface area contributed by atoms with Crippen molar-refractivity contribution in [1.29, 1.82) is 0 Å². The highest BCUT2D eigenvalue weighted by atomic mass is 32.2. The van der Waals surface area contributed by atoms with Crippen molar-refractivity contribution in [2.45, 2.75) is 26.3 Å². The molecule has 1 N–H and O–H groups in total. The van der Waals surface area contributed by atoms with Crippen molar-refractivity contribution >= 4 is 54.8 Å². The first-order valence-corrected chi connectivity index (χ1v) is 18.9. The molecule has 0 saturated heterocycles. The summed E-state index contributed by atoms with van der Waals surface area (Å²) in [4.78, 5) is 1.93. The van der Waals surface area contributed by atoms with Gasteiger partial charge in [-0.2, -0.15) is 8.78 Å². The van der Waals surface area contributed by atoms with Crippen molar-refractivity contribution in [2.24, 2.45) is 0 Å². The van der Waals surface area contributed by atoms with E-state index in [1.807, 2.05) is 96.8 Å². The normalized spacial score (nSPS) is 14.8.